The molecule has 246 valence electrons. The summed E-state index contributed by atoms with van der Waals surface area (Å²) in [6.45, 7) is 3.77. The Kier molecular flexibility index (Phi) is 10.5. The van der Waals surface area contributed by atoms with E-state index in [-0.39, 0.29) is 23.9 Å². The number of thioether (sulfide) groups is 1. The second-order valence-corrected chi connectivity index (χ2v) is 12.2. The Morgan fingerprint density at radius 1 is 0.812 bits per heavy atom. The van der Waals surface area contributed by atoms with Crippen molar-refractivity contribution in [3.05, 3.63) is 113 Å². The minimum atomic E-state index is -0.586. The highest BCUT2D eigenvalue weighted by Crippen LogP contribution is 2.37. The van der Waals surface area contributed by atoms with E-state index in [1.807, 2.05) is 32.0 Å². The van der Waals surface area contributed by atoms with Gasteiger partial charge in [0.05, 0.1) is 32.3 Å². The molecule has 0 saturated carbocycles. The van der Waals surface area contributed by atoms with Crippen LogP contribution in [0.5, 0.6) is 17.2 Å². The molecule has 1 fully saturated rings. The van der Waals surface area contributed by atoms with E-state index in [9.17, 15) is 19.2 Å². The van der Waals surface area contributed by atoms with Crippen LogP contribution in [0.2, 0.25) is 0 Å². The number of hydrogen-bond donors (Lipinski definition) is 2. The van der Waals surface area contributed by atoms with E-state index in [2.05, 4.69) is 10.6 Å². The predicted octanol–water partition coefficient (Wildman–Crippen LogP) is 6.16. The van der Waals surface area contributed by atoms with Crippen LogP contribution in [0, 0.1) is 13.8 Å². The van der Waals surface area contributed by atoms with E-state index < -0.39 is 17.1 Å². The number of para-hydroxylation sites is 1. The van der Waals surface area contributed by atoms with Crippen LogP contribution in [0.25, 0.3) is 6.08 Å². The first kappa shape index (κ1) is 33.8. The van der Waals surface area contributed by atoms with Gasteiger partial charge in [0.2, 0.25) is 11.8 Å². The predicted molar refractivity (Wildman–Crippen MR) is 186 cm³/mol. The standard InChI is InChI=1S/C37H35N3O7S/c1-22-10-9-11-23(2)34(22)40-33(41)21-32(37(40)44)48-27-16-14-26(15-17-27)38-36(43)28(39-35(42)24-12-7-6-8-13-24)18-25-19-30(46-4)31(47-5)20-29(25)45-3/h6-20,32H,21H2,1-5H3,(H,38,43)(H,39,42)/b28-18-. The molecule has 48 heavy (non-hydrogen) atoms. The van der Waals surface area contributed by atoms with Gasteiger partial charge in [-0.05, 0) is 73.5 Å². The van der Waals surface area contributed by atoms with Gasteiger partial charge >= 0.3 is 0 Å². The zero-order valence-corrected chi connectivity index (χ0v) is 28.0. The number of methoxy groups -OCH3 is 3. The fraction of sp³-hybridized carbons (Fsp3) is 0.189. The number of anilines is 2. The van der Waals surface area contributed by atoms with E-state index in [1.165, 1.54) is 44.1 Å². The molecule has 11 heteroatoms. The van der Waals surface area contributed by atoms with Gasteiger partial charge in [-0.25, -0.2) is 4.90 Å². The summed E-state index contributed by atoms with van der Waals surface area (Å²) in [5.41, 5.74) is 3.60. The first-order valence-electron chi connectivity index (χ1n) is 15.0. The fourth-order valence-electron chi connectivity index (χ4n) is 5.33. The molecule has 0 bridgehead atoms. The number of rotatable bonds is 11. The van der Waals surface area contributed by atoms with E-state index >= 15 is 0 Å². The third-order valence-electron chi connectivity index (χ3n) is 7.72. The van der Waals surface area contributed by atoms with Gasteiger partial charge in [-0.2, -0.15) is 0 Å². The average Bonchev–Trinajstić information content (AvgIpc) is 3.36. The van der Waals surface area contributed by atoms with E-state index in [1.54, 1.807) is 66.7 Å². The maximum atomic E-state index is 13.6. The summed E-state index contributed by atoms with van der Waals surface area (Å²) in [5, 5.41) is 4.97. The molecular weight excluding hydrogens is 630 g/mol. The highest BCUT2D eigenvalue weighted by molar-refractivity contribution is 8.00. The van der Waals surface area contributed by atoms with E-state index in [0.29, 0.717) is 39.8 Å². The number of carbonyl (C=O) groups is 4. The van der Waals surface area contributed by atoms with Gasteiger partial charge in [-0.3, -0.25) is 19.2 Å². The molecule has 10 nitrogen and oxygen atoms in total. The molecule has 1 heterocycles. The number of nitrogens with zero attached hydrogens (tertiary/aromatic N) is 1. The summed E-state index contributed by atoms with van der Waals surface area (Å²) in [6.07, 6.45) is 1.58. The molecule has 0 spiro atoms. The first-order valence-corrected chi connectivity index (χ1v) is 15.9. The third-order valence-corrected chi connectivity index (χ3v) is 8.92. The van der Waals surface area contributed by atoms with Crippen LogP contribution < -0.4 is 29.7 Å². The molecular formula is C37H35N3O7S. The van der Waals surface area contributed by atoms with Gasteiger partial charge in [-0.1, -0.05) is 36.4 Å². The van der Waals surface area contributed by atoms with Crippen LogP contribution in [-0.2, 0) is 14.4 Å². The molecule has 0 radical (unpaired) electrons. The summed E-state index contributed by atoms with van der Waals surface area (Å²) in [6, 6.07) is 24.4. The maximum Gasteiger partial charge on any atom is 0.272 e. The molecule has 4 amide bonds. The zero-order valence-electron chi connectivity index (χ0n) is 27.2. The Balaban J connectivity index is 1.36. The van der Waals surface area contributed by atoms with Gasteiger partial charge in [0, 0.05) is 34.2 Å². The van der Waals surface area contributed by atoms with Crippen molar-refractivity contribution in [2.75, 3.05) is 31.5 Å². The number of amides is 4. The lowest BCUT2D eigenvalue weighted by molar-refractivity contribution is -0.121. The summed E-state index contributed by atoms with van der Waals surface area (Å²) in [4.78, 5) is 55.1. The molecule has 2 N–H and O–H groups in total. The van der Waals surface area contributed by atoms with E-state index in [0.717, 1.165) is 16.0 Å². The highest BCUT2D eigenvalue weighted by Gasteiger charge is 2.41. The van der Waals surface area contributed by atoms with Crippen molar-refractivity contribution in [1.82, 2.24) is 5.32 Å². The second-order valence-electron chi connectivity index (χ2n) is 10.9. The molecule has 4 aromatic carbocycles. The van der Waals surface area contributed by atoms with Gasteiger partial charge in [-0.15, -0.1) is 11.8 Å². The fourth-order valence-corrected chi connectivity index (χ4v) is 6.39. The molecule has 0 aliphatic carbocycles. The first-order chi connectivity index (χ1) is 23.1. The molecule has 1 unspecified atom stereocenters. The van der Waals surface area contributed by atoms with Gasteiger partial charge in [0.1, 0.15) is 11.4 Å². The zero-order chi connectivity index (χ0) is 34.4. The molecule has 1 aliphatic rings. The van der Waals surface area contributed by atoms with Crippen LogP contribution in [0.4, 0.5) is 11.4 Å². The lowest BCUT2D eigenvalue weighted by Gasteiger charge is -2.19. The number of imide groups is 1. The van der Waals surface area contributed by atoms with Crippen molar-refractivity contribution in [3.63, 3.8) is 0 Å². The Hall–Kier alpha value is -5.55. The van der Waals surface area contributed by atoms with Crippen LogP contribution in [0.15, 0.2) is 95.5 Å². The Morgan fingerprint density at radius 2 is 1.44 bits per heavy atom. The molecule has 1 saturated heterocycles. The van der Waals surface area contributed by atoms with Crippen LogP contribution in [-0.4, -0.2) is 50.2 Å². The summed E-state index contributed by atoms with van der Waals surface area (Å²) < 4.78 is 16.3. The molecule has 0 aromatic heterocycles. The van der Waals surface area contributed by atoms with Crippen LogP contribution >= 0.6 is 11.8 Å². The lowest BCUT2D eigenvalue weighted by atomic mass is 10.1. The molecule has 4 aromatic rings. The Labute approximate surface area is 283 Å². The smallest absolute Gasteiger partial charge is 0.272 e. The summed E-state index contributed by atoms with van der Waals surface area (Å²) in [7, 11) is 4.48. The molecule has 5 rings (SSSR count). The van der Waals surface area contributed by atoms with Crippen LogP contribution in [0.1, 0.15) is 33.5 Å². The Bertz CT molecular complexity index is 1870. The summed E-state index contributed by atoms with van der Waals surface area (Å²) in [5.74, 6) is -0.316. The quantitative estimate of drug-likeness (QED) is 0.144. The average molecular weight is 666 g/mol. The number of ether oxygens (including phenoxy) is 3. The maximum absolute atomic E-state index is 13.6. The SMILES string of the molecule is COc1cc(OC)c(OC)cc1/C=C(\NC(=O)c1ccccc1)C(=O)Nc1ccc(SC2CC(=O)N(c3c(C)cccc3C)C2=O)cc1. The molecule has 1 atom stereocenters. The normalized spacial score (nSPS) is 14.5. The largest absolute Gasteiger partial charge is 0.496 e. The third kappa shape index (κ3) is 7.37. The minimum Gasteiger partial charge on any atom is -0.496 e. The minimum absolute atomic E-state index is 0.0468. The van der Waals surface area contributed by atoms with Gasteiger partial charge in [0.25, 0.3) is 11.8 Å². The van der Waals surface area contributed by atoms with E-state index in [4.69, 9.17) is 14.2 Å². The Morgan fingerprint density at radius 3 is 2.06 bits per heavy atom. The number of aryl methyl sites for hydroxylation is 2. The van der Waals surface area contributed by atoms with Crippen molar-refractivity contribution >= 4 is 52.8 Å². The number of benzene rings is 4. The highest BCUT2D eigenvalue weighted by atomic mass is 32.2. The van der Waals surface area contributed by atoms with Crippen molar-refractivity contribution in [2.45, 2.75) is 30.4 Å². The second kappa shape index (κ2) is 14.9. The van der Waals surface area contributed by atoms with Crippen molar-refractivity contribution < 1.29 is 33.4 Å². The number of nitrogens with one attached hydrogen (secondary N) is 2. The number of carbonyl (C=O) groups excluding carboxylic acids is 4. The molecule has 1 aliphatic heterocycles. The van der Waals surface area contributed by atoms with Gasteiger partial charge in [0.15, 0.2) is 11.5 Å². The van der Waals surface area contributed by atoms with Crippen molar-refractivity contribution in [2.24, 2.45) is 0 Å². The topological polar surface area (TPSA) is 123 Å². The number of hydrogen-bond acceptors (Lipinski definition) is 8. The lowest BCUT2D eigenvalue weighted by Crippen LogP contribution is -2.32. The van der Waals surface area contributed by atoms with Gasteiger partial charge < -0.3 is 24.8 Å². The van der Waals surface area contributed by atoms with Crippen molar-refractivity contribution in [3.8, 4) is 17.2 Å². The summed E-state index contributed by atoms with van der Waals surface area (Å²) >= 11 is 1.30. The monoisotopic (exact) mass is 665 g/mol. The van der Waals surface area contributed by atoms with Crippen molar-refractivity contribution in [1.29, 1.82) is 0 Å². The van der Waals surface area contributed by atoms with Crippen LogP contribution in [0.3, 0.4) is 0 Å².